The molecule has 0 aliphatic carbocycles. The Labute approximate surface area is 211 Å². The number of fused-ring (bicyclic) bond motifs is 1. The molecule has 0 saturated heterocycles. The molecule has 4 rings (SSSR count). The van der Waals surface area contributed by atoms with Gasteiger partial charge in [-0.1, -0.05) is 25.7 Å². The number of nitrogens with one attached hydrogen (secondary N) is 1. The number of nitrogens with zero attached hydrogens (tertiary/aromatic N) is 4. The van der Waals surface area contributed by atoms with Gasteiger partial charge in [0.2, 0.25) is 0 Å². The van der Waals surface area contributed by atoms with Crippen molar-refractivity contribution < 1.29 is 9.84 Å². The van der Waals surface area contributed by atoms with Gasteiger partial charge in [0.25, 0.3) is 0 Å². The zero-order valence-corrected chi connectivity index (χ0v) is 21.1. The summed E-state index contributed by atoms with van der Waals surface area (Å²) in [5.74, 6) is 8.27. The summed E-state index contributed by atoms with van der Waals surface area (Å²) < 4.78 is 6.00. The van der Waals surface area contributed by atoms with Crippen LogP contribution in [-0.2, 0) is 0 Å². The van der Waals surface area contributed by atoms with E-state index in [0.29, 0.717) is 23.1 Å². The molecule has 0 amide bonds. The number of hydrogen-bond acceptors (Lipinski definition) is 7. The van der Waals surface area contributed by atoms with E-state index >= 15 is 0 Å². The highest BCUT2D eigenvalue weighted by atomic mass is 16.5. The summed E-state index contributed by atoms with van der Waals surface area (Å²) in [5, 5.41) is 14.1. The minimum absolute atomic E-state index is 0.471. The summed E-state index contributed by atoms with van der Waals surface area (Å²) in [4.78, 5) is 16.8. The van der Waals surface area contributed by atoms with Gasteiger partial charge in [0.05, 0.1) is 11.9 Å². The predicted octanol–water partition coefficient (Wildman–Crippen LogP) is 5.64. The van der Waals surface area contributed by atoms with E-state index in [4.69, 9.17) is 10.5 Å². The van der Waals surface area contributed by atoms with Crippen LogP contribution in [0.4, 0.5) is 17.3 Å². The fourth-order valence-corrected chi connectivity index (χ4v) is 3.17. The molecule has 8 nitrogen and oxygen atoms in total. The van der Waals surface area contributed by atoms with Gasteiger partial charge in [0, 0.05) is 28.9 Å². The van der Waals surface area contributed by atoms with Crippen LogP contribution in [0.2, 0.25) is 0 Å². The molecule has 0 fully saturated rings. The second-order valence-electron chi connectivity index (χ2n) is 8.10. The molecule has 0 unspecified atom stereocenters. The Morgan fingerprint density at radius 1 is 1.06 bits per heavy atom. The normalized spacial score (nSPS) is 10.8. The minimum Gasteiger partial charge on any atom is -0.457 e. The number of rotatable bonds is 5. The summed E-state index contributed by atoms with van der Waals surface area (Å²) in [6.07, 6.45) is 4.32. The Hall–Kier alpha value is -4.48. The first-order chi connectivity index (χ1) is 17.3. The van der Waals surface area contributed by atoms with Crippen LogP contribution in [0, 0.1) is 18.8 Å². The van der Waals surface area contributed by atoms with Crippen LogP contribution in [0.25, 0.3) is 10.9 Å². The lowest BCUT2D eigenvalue weighted by Gasteiger charge is -2.13. The SMILES string of the molecule is CC.Cc1cc(Nc2ncnc3ccc(C#CC(C)(C)O)cc23)ccc1Oc1ccnc(N=CN)c1. The molecule has 0 aliphatic rings. The summed E-state index contributed by atoms with van der Waals surface area (Å²) in [5.41, 5.74) is 7.60. The Bertz CT molecular complexity index is 1430. The maximum Gasteiger partial charge on any atom is 0.157 e. The van der Waals surface area contributed by atoms with Crippen LogP contribution in [0.5, 0.6) is 11.5 Å². The van der Waals surface area contributed by atoms with Crippen molar-refractivity contribution in [1.82, 2.24) is 15.0 Å². The number of nitrogens with two attached hydrogens (primary N) is 1. The van der Waals surface area contributed by atoms with Crippen LogP contribution >= 0.6 is 0 Å². The number of aliphatic imine (C=N–C) groups is 1. The molecule has 2 aromatic carbocycles. The lowest BCUT2D eigenvalue weighted by Crippen LogP contribution is -2.14. The van der Waals surface area contributed by atoms with E-state index in [0.717, 1.165) is 27.7 Å². The van der Waals surface area contributed by atoms with Gasteiger partial charge in [-0.05, 0) is 68.8 Å². The number of anilines is 2. The van der Waals surface area contributed by atoms with Crippen molar-refractivity contribution in [3.8, 4) is 23.3 Å². The van der Waals surface area contributed by atoms with Crippen LogP contribution in [-0.4, -0.2) is 32.0 Å². The molecule has 36 heavy (non-hydrogen) atoms. The maximum atomic E-state index is 9.89. The van der Waals surface area contributed by atoms with Gasteiger partial charge >= 0.3 is 0 Å². The van der Waals surface area contributed by atoms with Crippen LogP contribution in [0.15, 0.2) is 66.0 Å². The Kier molecular flexibility index (Phi) is 8.55. The van der Waals surface area contributed by atoms with E-state index in [1.807, 2.05) is 57.2 Å². The Morgan fingerprint density at radius 3 is 2.58 bits per heavy atom. The molecule has 0 aliphatic heterocycles. The average molecular weight is 483 g/mol. The number of benzene rings is 2. The van der Waals surface area contributed by atoms with Crippen molar-refractivity contribution >= 4 is 34.6 Å². The number of ether oxygens (including phenoxy) is 1. The van der Waals surface area contributed by atoms with Gasteiger partial charge in [-0.3, -0.25) is 0 Å². The van der Waals surface area contributed by atoms with Gasteiger partial charge in [-0.2, -0.15) is 0 Å². The highest BCUT2D eigenvalue weighted by Gasteiger charge is 2.09. The monoisotopic (exact) mass is 482 g/mol. The second-order valence-corrected chi connectivity index (χ2v) is 8.10. The molecule has 4 aromatic rings. The van der Waals surface area contributed by atoms with Gasteiger partial charge in [-0.15, -0.1) is 0 Å². The topological polar surface area (TPSA) is 119 Å². The molecule has 4 N–H and O–H groups in total. The largest absolute Gasteiger partial charge is 0.457 e. The van der Waals surface area contributed by atoms with Crippen molar-refractivity contribution in [2.24, 2.45) is 10.7 Å². The highest BCUT2D eigenvalue weighted by Crippen LogP contribution is 2.30. The van der Waals surface area contributed by atoms with Gasteiger partial charge in [-0.25, -0.2) is 19.9 Å². The summed E-state index contributed by atoms with van der Waals surface area (Å²) >= 11 is 0. The van der Waals surface area contributed by atoms with Gasteiger partial charge < -0.3 is 20.9 Å². The third-order valence-electron chi connectivity index (χ3n) is 4.74. The number of aryl methyl sites for hydroxylation is 1. The average Bonchev–Trinajstić information content (AvgIpc) is 2.86. The molecular weight excluding hydrogens is 452 g/mol. The Balaban J connectivity index is 0.00000176. The number of aliphatic hydroxyl groups is 1. The summed E-state index contributed by atoms with van der Waals surface area (Å²) in [7, 11) is 0. The predicted molar refractivity (Wildman–Crippen MR) is 145 cm³/mol. The maximum absolute atomic E-state index is 9.89. The van der Waals surface area contributed by atoms with Crippen LogP contribution in [0.1, 0.15) is 38.8 Å². The lowest BCUT2D eigenvalue weighted by atomic mass is 10.1. The van der Waals surface area contributed by atoms with Crippen molar-refractivity contribution in [2.75, 3.05) is 5.32 Å². The molecule has 0 atom stereocenters. The van der Waals surface area contributed by atoms with Crippen LogP contribution < -0.4 is 15.8 Å². The van der Waals surface area contributed by atoms with Gasteiger partial charge in [0.1, 0.15) is 29.2 Å². The molecule has 2 aromatic heterocycles. The van der Waals surface area contributed by atoms with Gasteiger partial charge in [0.15, 0.2) is 5.82 Å². The molecule has 0 saturated carbocycles. The Morgan fingerprint density at radius 2 is 1.86 bits per heavy atom. The number of hydrogen-bond donors (Lipinski definition) is 3. The van der Waals surface area contributed by atoms with Crippen molar-refractivity contribution in [3.63, 3.8) is 0 Å². The zero-order valence-electron chi connectivity index (χ0n) is 21.1. The molecule has 8 heteroatoms. The van der Waals surface area contributed by atoms with E-state index in [1.165, 1.54) is 12.7 Å². The third-order valence-corrected chi connectivity index (χ3v) is 4.74. The van der Waals surface area contributed by atoms with E-state index in [-0.39, 0.29) is 0 Å². The first kappa shape index (κ1) is 26.1. The van der Waals surface area contributed by atoms with Crippen molar-refractivity contribution in [1.29, 1.82) is 0 Å². The standard InChI is InChI=1S/C26H24N6O2.C2H6/c1-17-12-19(5-7-23(17)34-20-9-11-28-24(14-20)29-15-27)32-25-21-13-18(8-10-26(2,3)33)4-6-22(21)30-16-31-25;1-2/h4-7,9,11-16,33H,1-3H3,(H2,27,28,29)(H,30,31,32);1-2H3. The van der Waals surface area contributed by atoms with E-state index in [9.17, 15) is 5.11 Å². The molecular formula is C28H30N6O2. The zero-order chi connectivity index (χ0) is 26.1. The van der Waals surface area contributed by atoms with E-state index < -0.39 is 5.60 Å². The third kappa shape index (κ3) is 7.01. The number of aromatic nitrogens is 3. The second kappa shape index (κ2) is 11.8. The molecule has 184 valence electrons. The summed E-state index contributed by atoms with van der Waals surface area (Å²) in [6.45, 7) is 9.26. The van der Waals surface area contributed by atoms with E-state index in [2.05, 4.69) is 37.1 Å². The smallest absolute Gasteiger partial charge is 0.157 e. The fourth-order valence-electron chi connectivity index (χ4n) is 3.17. The molecule has 0 bridgehead atoms. The molecule has 0 radical (unpaired) electrons. The first-order valence-electron chi connectivity index (χ1n) is 11.6. The highest BCUT2D eigenvalue weighted by molar-refractivity contribution is 5.91. The minimum atomic E-state index is -1.07. The van der Waals surface area contributed by atoms with E-state index in [1.54, 1.807) is 32.2 Å². The molecule has 2 heterocycles. The quantitative estimate of drug-likeness (QED) is 0.191. The lowest BCUT2D eigenvalue weighted by molar-refractivity contribution is 0.143. The number of pyridine rings is 1. The summed E-state index contributed by atoms with van der Waals surface area (Å²) in [6, 6.07) is 14.9. The first-order valence-corrected chi connectivity index (χ1v) is 11.6. The molecule has 0 spiro atoms. The van der Waals surface area contributed by atoms with Crippen molar-refractivity contribution in [3.05, 3.63) is 72.2 Å². The van der Waals surface area contributed by atoms with Crippen molar-refractivity contribution in [2.45, 2.75) is 40.2 Å². The fraction of sp³-hybridized carbons (Fsp3) is 0.214. The van der Waals surface area contributed by atoms with Crippen LogP contribution in [0.3, 0.4) is 0 Å².